The van der Waals surface area contributed by atoms with E-state index in [1.807, 2.05) is 12.1 Å². The summed E-state index contributed by atoms with van der Waals surface area (Å²) in [4.78, 5) is 0. The highest BCUT2D eigenvalue weighted by Gasteiger charge is 2.21. The van der Waals surface area contributed by atoms with Gasteiger partial charge in [-0.25, -0.2) is 0 Å². The van der Waals surface area contributed by atoms with Crippen molar-refractivity contribution in [2.45, 2.75) is 0 Å². The molecule has 246 valence electrons. The normalized spacial score (nSPS) is 11.4. The average Bonchev–Trinajstić information content (AvgIpc) is 3.57. The standard InChI is InChI=1S/C51H32N2/c52-33-34-29-30-39(47(31-34)36-17-14-18-37(32-36)53-48-27-12-10-20-40(48)41-21-11-13-28-49(41)53)38-19-4-5-22-42(38)51-45-25-8-6-23-43(45)50(35-15-2-1-3-16-35)44-24-7-9-26-46(44)51/h1-32H. The van der Waals surface area contributed by atoms with Crippen molar-refractivity contribution in [1.82, 2.24) is 4.57 Å². The van der Waals surface area contributed by atoms with Crippen LogP contribution in [0.5, 0.6) is 0 Å². The molecule has 1 heterocycles. The average molecular weight is 673 g/mol. The molecule has 1 aromatic heterocycles. The fraction of sp³-hybridized carbons (Fsp3) is 0. The lowest BCUT2D eigenvalue weighted by molar-refractivity contribution is 1.18. The lowest BCUT2D eigenvalue weighted by atomic mass is 9.82. The molecule has 0 saturated heterocycles. The monoisotopic (exact) mass is 672 g/mol. The maximum Gasteiger partial charge on any atom is 0.0991 e. The molecule has 9 aromatic carbocycles. The quantitative estimate of drug-likeness (QED) is 0.167. The zero-order valence-electron chi connectivity index (χ0n) is 28.9. The number of fused-ring (bicyclic) bond motifs is 5. The second-order valence-electron chi connectivity index (χ2n) is 13.5. The lowest BCUT2D eigenvalue weighted by Gasteiger charge is -2.21. The van der Waals surface area contributed by atoms with E-state index in [9.17, 15) is 5.26 Å². The molecule has 0 bridgehead atoms. The molecule has 0 atom stereocenters. The number of rotatable bonds is 5. The van der Waals surface area contributed by atoms with E-state index in [4.69, 9.17) is 0 Å². The molecule has 0 radical (unpaired) electrons. The van der Waals surface area contributed by atoms with Gasteiger partial charge in [0.1, 0.15) is 0 Å². The Morgan fingerprint density at radius 2 is 0.830 bits per heavy atom. The molecule has 10 aromatic rings. The third-order valence-corrected chi connectivity index (χ3v) is 10.6. The van der Waals surface area contributed by atoms with Crippen LogP contribution in [0.1, 0.15) is 5.56 Å². The summed E-state index contributed by atoms with van der Waals surface area (Å²) in [7, 11) is 0. The first-order chi connectivity index (χ1) is 26.3. The first-order valence-electron chi connectivity index (χ1n) is 18.0. The van der Waals surface area contributed by atoms with E-state index in [2.05, 4.69) is 193 Å². The number of hydrogen-bond donors (Lipinski definition) is 0. The Labute approximate surface area is 308 Å². The number of benzene rings is 9. The van der Waals surface area contributed by atoms with Crippen LogP contribution in [-0.2, 0) is 0 Å². The van der Waals surface area contributed by atoms with Gasteiger partial charge in [0.25, 0.3) is 0 Å². The Hall–Kier alpha value is -7.21. The highest BCUT2D eigenvalue weighted by molar-refractivity contribution is 6.22. The first kappa shape index (κ1) is 30.6. The van der Waals surface area contributed by atoms with Gasteiger partial charge in [-0.3, -0.25) is 0 Å². The van der Waals surface area contributed by atoms with E-state index in [0.717, 1.165) is 33.5 Å². The highest BCUT2D eigenvalue weighted by Crippen LogP contribution is 2.47. The Balaban J connectivity index is 1.23. The summed E-state index contributed by atoms with van der Waals surface area (Å²) in [6.07, 6.45) is 0. The minimum Gasteiger partial charge on any atom is -0.309 e. The van der Waals surface area contributed by atoms with Crippen LogP contribution in [0.15, 0.2) is 194 Å². The fourth-order valence-electron chi connectivity index (χ4n) is 8.37. The van der Waals surface area contributed by atoms with Crippen molar-refractivity contribution in [2.75, 3.05) is 0 Å². The van der Waals surface area contributed by atoms with Gasteiger partial charge in [0.05, 0.1) is 22.7 Å². The molecule has 2 heteroatoms. The van der Waals surface area contributed by atoms with Gasteiger partial charge >= 0.3 is 0 Å². The minimum atomic E-state index is 0.631. The van der Waals surface area contributed by atoms with E-state index < -0.39 is 0 Å². The summed E-state index contributed by atoms with van der Waals surface area (Å²) in [5.74, 6) is 0. The number of nitrogens with zero attached hydrogens (tertiary/aromatic N) is 2. The summed E-state index contributed by atoms with van der Waals surface area (Å²) < 4.78 is 2.35. The maximum absolute atomic E-state index is 10.1. The topological polar surface area (TPSA) is 28.7 Å². The number of nitriles is 1. The molecule has 0 amide bonds. The Bertz CT molecular complexity index is 2960. The van der Waals surface area contributed by atoms with Crippen LogP contribution in [0.25, 0.3) is 93.5 Å². The van der Waals surface area contributed by atoms with Gasteiger partial charge in [0, 0.05) is 16.5 Å². The first-order valence-corrected chi connectivity index (χ1v) is 18.0. The number of hydrogen-bond acceptors (Lipinski definition) is 1. The summed E-state index contributed by atoms with van der Waals surface area (Å²) in [6, 6.07) is 71.5. The molecular weight excluding hydrogens is 641 g/mol. The third kappa shape index (κ3) is 4.94. The summed E-state index contributed by atoms with van der Waals surface area (Å²) in [5.41, 5.74) is 13.1. The second-order valence-corrected chi connectivity index (χ2v) is 13.5. The third-order valence-electron chi connectivity index (χ3n) is 10.6. The van der Waals surface area contributed by atoms with Crippen LogP contribution in [-0.4, -0.2) is 4.57 Å². The molecule has 0 saturated carbocycles. The molecule has 0 aliphatic heterocycles. The molecule has 0 spiro atoms. The molecule has 2 nitrogen and oxygen atoms in total. The number of aromatic nitrogens is 1. The van der Waals surface area contributed by atoms with Gasteiger partial charge in [0.15, 0.2) is 0 Å². The van der Waals surface area contributed by atoms with Crippen LogP contribution in [0.4, 0.5) is 0 Å². The van der Waals surface area contributed by atoms with E-state index in [1.54, 1.807) is 0 Å². The zero-order valence-corrected chi connectivity index (χ0v) is 28.9. The molecule has 0 aliphatic rings. The van der Waals surface area contributed by atoms with Crippen LogP contribution < -0.4 is 0 Å². The van der Waals surface area contributed by atoms with Gasteiger partial charge in [-0.1, -0.05) is 158 Å². The van der Waals surface area contributed by atoms with E-state index in [1.165, 1.54) is 60.0 Å². The van der Waals surface area contributed by atoms with Gasteiger partial charge in [-0.05, 0) is 102 Å². The summed E-state index contributed by atoms with van der Waals surface area (Å²) in [6.45, 7) is 0. The van der Waals surface area contributed by atoms with Gasteiger partial charge in [-0.2, -0.15) is 5.26 Å². The molecule has 0 aliphatic carbocycles. The molecule has 0 unspecified atom stereocenters. The van der Waals surface area contributed by atoms with Crippen molar-refractivity contribution in [3.05, 3.63) is 200 Å². The number of para-hydroxylation sites is 2. The summed E-state index contributed by atoms with van der Waals surface area (Å²) >= 11 is 0. The lowest BCUT2D eigenvalue weighted by Crippen LogP contribution is -1.96. The van der Waals surface area contributed by atoms with E-state index in [0.29, 0.717) is 5.56 Å². The van der Waals surface area contributed by atoms with Crippen molar-refractivity contribution in [3.63, 3.8) is 0 Å². The Morgan fingerprint density at radius 1 is 0.340 bits per heavy atom. The van der Waals surface area contributed by atoms with Crippen molar-refractivity contribution >= 4 is 43.4 Å². The molecule has 53 heavy (non-hydrogen) atoms. The van der Waals surface area contributed by atoms with Crippen LogP contribution in [0.3, 0.4) is 0 Å². The molecule has 0 N–H and O–H groups in total. The fourth-order valence-corrected chi connectivity index (χ4v) is 8.37. The van der Waals surface area contributed by atoms with E-state index >= 15 is 0 Å². The minimum absolute atomic E-state index is 0.631. The zero-order chi connectivity index (χ0) is 35.3. The predicted octanol–water partition coefficient (Wildman–Crippen LogP) is 13.6. The van der Waals surface area contributed by atoms with Crippen LogP contribution >= 0.6 is 0 Å². The van der Waals surface area contributed by atoms with Gasteiger partial charge < -0.3 is 4.57 Å². The largest absolute Gasteiger partial charge is 0.309 e. The van der Waals surface area contributed by atoms with E-state index in [-0.39, 0.29) is 0 Å². The van der Waals surface area contributed by atoms with Crippen molar-refractivity contribution < 1.29 is 0 Å². The Morgan fingerprint density at radius 3 is 1.45 bits per heavy atom. The predicted molar refractivity (Wildman–Crippen MR) is 222 cm³/mol. The van der Waals surface area contributed by atoms with Crippen molar-refractivity contribution in [1.29, 1.82) is 5.26 Å². The SMILES string of the molecule is N#Cc1ccc(-c2ccccc2-c2c3ccccc3c(-c3ccccc3)c3ccccc23)c(-c2cccc(-n3c4ccccc4c4ccccc43)c2)c1. The van der Waals surface area contributed by atoms with Crippen molar-refractivity contribution in [3.8, 4) is 56.3 Å². The van der Waals surface area contributed by atoms with Crippen LogP contribution in [0, 0.1) is 11.3 Å². The summed E-state index contributed by atoms with van der Waals surface area (Å²) in [5, 5.41) is 17.5. The second kappa shape index (κ2) is 12.5. The smallest absolute Gasteiger partial charge is 0.0991 e. The van der Waals surface area contributed by atoms with Gasteiger partial charge in [-0.15, -0.1) is 0 Å². The Kier molecular flexibility index (Phi) is 7.23. The van der Waals surface area contributed by atoms with Gasteiger partial charge in [0.2, 0.25) is 0 Å². The molecular formula is C51H32N2. The highest BCUT2D eigenvalue weighted by atomic mass is 15.0. The molecule has 10 rings (SSSR count). The molecule has 0 fully saturated rings. The maximum atomic E-state index is 10.1. The van der Waals surface area contributed by atoms with Crippen LogP contribution in [0.2, 0.25) is 0 Å². The van der Waals surface area contributed by atoms with Crippen molar-refractivity contribution in [2.24, 2.45) is 0 Å².